The SMILES string of the molecule is CC#CCC(=O)C(N)C1CC1. The predicted octanol–water partition coefficient (Wildman–Crippen LogP) is 0.706. The fourth-order valence-electron chi connectivity index (χ4n) is 1.01. The molecule has 1 aliphatic carbocycles. The number of carbonyl (C=O) groups is 1. The summed E-state index contributed by atoms with van der Waals surface area (Å²) in [5.74, 6) is 5.98. The highest BCUT2D eigenvalue weighted by Crippen LogP contribution is 2.32. The largest absolute Gasteiger partial charge is 0.321 e. The van der Waals surface area contributed by atoms with E-state index in [-0.39, 0.29) is 11.8 Å². The maximum atomic E-state index is 11.2. The van der Waals surface area contributed by atoms with E-state index in [1.165, 1.54) is 0 Å². The van der Waals surface area contributed by atoms with Crippen molar-refractivity contribution in [3.8, 4) is 11.8 Å². The number of nitrogens with two attached hydrogens (primary N) is 1. The Bertz CT molecular complexity index is 207. The number of hydrogen-bond donors (Lipinski definition) is 1. The van der Waals surface area contributed by atoms with Crippen molar-refractivity contribution in [1.82, 2.24) is 0 Å². The summed E-state index contributed by atoms with van der Waals surface area (Å²) in [5, 5.41) is 0. The summed E-state index contributed by atoms with van der Waals surface area (Å²) >= 11 is 0. The second-order valence-electron chi connectivity index (χ2n) is 2.93. The first-order valence-electron chi connectivity index (χ1n) is 3.93. The van der Waals surface area contributed by atoms with E-state index < -0.39 is 0 Å². The summed E-state index contributed by atoms with van der Waals surface area (Å²) in [7, 11) is 0. The Kier molecular flexibility index (Phi) is 2.67. The predicted molar refractivity (Wildman–Crippen MR) is 43.8 cm³/mol. The molecule has 0 radical (unpaired) electrons. The zero-order chi connectivity index (χ0) is 8.27. The van der Waals surface area contributed by atoms with Gasteiger partial charge >= 0.3 is 0 Å². The van der Waals surface area contributed by atoms with Gasteiger partial charge in [-0.05, 0) is 25.7 Å². The normalized spacial score (nSPS) is 18.4. The van der Waals surface area contributed by atoms with Gasteiger partial charge in [-0.1, -0.05) is 5.92 Å². The summed E-state index contributed by atoms with van der Waals surface area (Å²) in [4.78, 5) is 11.2. The van der Waals surface area contributed by atoms with Gasteiger partial charge in [-0.3, -0.25) is 4.79 Å². The second kappa shape index (κ2) is 3.54. The quantitative estimate of drug-likeness (QED) is 0.603. The average Bonchev–Trinajstić information content (AvgIpc) is 2.81. The van der Waals surface area contributed by atoms with Crippen molar-refractivity contribution < 1.29 is 4.79 Å². The lowest BCUT2D eigenvalue weighted by Gasteiger charge is -2.04. The van der Waals surface area contributed by atoms with Gasteiger partial charge in [0.05, 0.1) is 12.5 Å². The zero-order valence-electron chi connectivity index (χ0n) is 6.76. The van der Waals surface area contributed by atoms with Crippen molar-refractivity contribution in [2.45, 2.75) is 32.2 Å². The number of hydrogen-bond acceptors (Lipinski definition) is 2. The van der Waals surface area contributed by atoms with Gasteiger partial charge in [0, 0.05) is 0 Å². The minimum atomic E-state index is -0.240. The molecule has 11 heavy (non-hydrogen) atoms. The molecule has 60 valence electrons. The molecule has 0 aromatic carbocycles. The molecule has 2 heteroatoms. The van der Waals surface area contributed by atoms with Gasteiger partial charge in [-0.15, -0.1) is 5.92 Å². The van der Waals surface area contributed by atoms with Crippen LogP contribution in [0.15, 0.2) is 0 Å². The molecule has 0 aromatic heterocycles. The third kappa shape index (κ3) is 2.36. The molecule has 0 saturated heterocycles. The molecule has 1 fully saturated rings. The fraction of sp³-hybridized carbons (Fsp3) is 0.667. The maximum Gasteiger partial charge on any atom is 0.161 e. The third-order valence-electron chi connectivity index (χ3n) is 1.94. The fourth-order valence-corrected chi connectivity index (χ4v) is 1.01. The summed E-state index contributed by atoms with van der Waals surface area (Å²) in [6.45, 7) is 1.73. The molecule has 0 bridgehead atoms. The molecule has 1 rings (SSSR count). The van der Waals surface area contributed by atoms with E-state index in [2.05, 4.69) is 11.8 Å². The number of Topliss-reactive ketones (excluding diaryl/α,β-unsaturated/α-hetero) is 1. The Hall–Kier alpha value is -0.810. The first-order valence-corrected chi connectivity index (χ1v) is 3.93. The van der Waals surface area contributed by atoms with E-state index in [4.69, 9.17) is 5.73 Å². The molecular formula is C9H13NO. The Morgan fingerprint density at radius 3 is 2.82 bits per heavy atom. The van der Waals surface area contributed by atoms with Crippen molar-refractivity contribution >= 4 is 5.78 Å². The molecular weight excluding hydrogens is 138 g/mol. The van der Waals surface area contributed by atoms with Crippen LogP contribution in [0, 0.1) is 17.8 Å². The van der Waals surface area contributed by atoms with E-state index in [9.17, 15) is 4.79 Å². The standard InChI is InChI=1S/C9H13NO/c1-2-3-4-8(11)9(10)7-5-6-7/h7,9H,4-6,10H2,1H3. The van der Waals surface area contributed by atoms with Crippen LogP contribution in [0.1, 0.15) is 26.2 Å². The zero-order valence-corrected chi connectivity index (χ0v) is 6.76. The Labute approximate surface area is 67.2 Å². The first kappa shape index (κ1) is 8.29. The number of carbonyl (C=O) groups excluding carboxylic acids is 1. The molecule has 2 N–H and O–H groups in total. The summed E-state index contributed by atoms with van der Waals surface area (Å²) < 4.78 is 0. The maximum absolute atomic E-state index is 11.2. The van der Waals surface area contributed by atoms with Crippen LogP contribution < -0.4 is 5.73 Å². The van der Waals surface area contributed by atoms with E-state index in [1.807, 2.05) is 0 Å². The molecule has 1 atom stereocenters. The van der Waals surface area contributed by atoms with Crippen LogP contribution >= 0.6 is 0 Å². The molecule has 0 aliphatic heterocycles. The van der Waals surface area contributed by atoms with Crippen molar-refractivity contribution in [3.05, 3.63) is 0 Å². The van der Waals surface area contributed by atoms with Crippen molar-refractivity contribution in [1.29, 1.82) is 0 Å². The highest BCUT2D eigenvalue weighted by Gasteiger charge is 2.32. The minimum Gasteiger partial charge on any atom is -0.321 e. The average molecular weight is 151 g/mol. The lowest BCUT2D eigenvalue weighted by atomic mass is 10.1. The molecule has 2 nitrogen and oxygen atoms in total. The number of ketones is 1. The molecule has 1 saturated carbocycles. The van der Waals surface area contributed by atoms with Crippen LogP contribution in [0.5, 0.6) is 0 Å². The Morgan fingerprint density at radius 1 is 1.73 bits per heavy atom. The first-order chi connectivity index (χ1) is 5.25. The van der Waals surface area contributed by atoms with Crippen LogP contribution in [0.2, 0.25) is 0 Å². The third-order valence-corrected chi connectivity index (χ3v) is 1.94. The van der Waals surface area contributed by atoms with Gasteiger partial charge in [0.1, 0.15) is 0 Å². The van der Waals surface area contributed by atoms with Gasteiger partial charge in [-0.2, -0.15) is 0 Å². The van der Waals surface area contributed by atoms with Crippen molar-refractivity contribution in [2.24, 2.45) is 11.7 Å². The van der Waals surface area contributed by atoms with Crippen LogP contribution in [0.3, 0.4) is 0 Å². The molecule has 0 heterocycles. The van der Waals surface area contributed by atoms with Gasteiger partial charge < -0.3 is 5.73 Å². The second-order valence-corrected chi connectivity index (χ2v) is 2.93. The molecule has 1 unspecified atom stereocenters. The molecule has 0 spiro atoms. The van der Waals surface area contributed by atoms with Crippen molar-refractivity contribution in [2.75, 3.05) is 0 Å². The van der Waals surface area contributed by atoms with E-state index in [0.717, 1.165) is 12.8 Å². The lowest BCUT2D eigenvalue weighted by Crippen LogP contribution is -2.32. The molecule has 1 aliphatic rings. The van der Waals surface area contributed by atoms with Crippen LogP contribution in [0.4, 0.5) is 0 Å². The van der Waals surface area contributed by atoms with E-state index >= 15 is 0 Å². The number of rotatable bonds is 3. The molecule has 0 amide bonds. The molecule has 0 aromatic rings. The highest BCUT2D eigenvalue weighted by atomic mass is 16.1. The lowest BCUT2D eigenvalue weighted by molar-refractivity contribution is -0.119. The van der Waals surface area contributed by atoms with Crippen molar-refractivity contribution in [3.63, 3.8) is 0 Å². The summed E-state index contributed by atoms with van der Waals surface area (Å²) in [5.41, 5.74) is 5.65. The minimum absolute atomic E-state index is 0.0989. The van der Waals surface area contributed by atoms with Crippen LogP contribution in [-0.2, 0) is 4.79 Å². The van der Waals surface area contributed by atoms with E-state index in [1.54, 1.807) is 6.92 Å². The van der Waals surface area contributed by atoms with Gasteiger partial charge in [0.15, 0.2) is 5.78 Å². The Balaban J connectivity index is 2.31. The van der Waals surface area contributed by atoms with Gasteiger partial charge in [0.25, 0.3) is 0 Å². The smallest absolute Gasteiger partial charge is 0.161 e. The van der Waals surface area contributed by atoms with Crippen LogP contribution in [-0.4, -0.2) is 11.8 Å². The highest BCUT2D eigenvalue weighted by molar-refractivity contribution is 5.86. The van der Waals surface area contributed by atoms with E-state index in [0.29, 0.717) is 12.3 Å². The monoisotopic (exact) mass is 151 g/mol. The topological polar surface area (TPSA) is 43.1 Å². The van der Waals surface area contributed by atoms with Gasteiger partial charge in [-0.25, -0.2) is 0 Å². The summed E-state index contributed by atoms with van der Waals surface area (Å²) in [6, 6.07) is -0.240. The van der Waals surface area contributed by atoms with Gasteiger partial charge in [0.2, 0.25) is 0 Å². The van der Waals surface area contributed by atoms with Crippen LogP contribution in [0.25, 0.3) is 0 Å². The Morgan fingerprint density at radius 2 is 2.36 bits per heavy atom. The summed E-state index contributed by atoms with van der Waals surface area (Å²) in [6.07, 6.45) is 2.56.